The molecule has 3 heterocycles. The zero-order chi connectivity index (χ0) is 24.9. The van der Waals surface area contributed by atoms with Gasteiger partial charge in [-0.1, -0.05) is 25.1 Å². The molecule has 0 bridgehead atoms. The summed E-state index contributed by atoms with van der Waals surface area (Å²) in [7, 11) is 0. The van der Waals surface area contributed by atoms with E-state index in [0.717, 1.165) is 70.4 Å². The number of carbonyl (C=O) groups is 3. The Morgan fingerprint density at radius 3 is 2.12 bits per heavy atom. The van der Waals surface area contributed by atoms with Gasteiger partial charge in [-0.2, -0.15) is 13.2 Å². The summed E-state index contributed by atoms with van der Waals surface area (Å²) in [4.78, 5) is 42.0. The third-order valence-electron chi connectivity index (χ3n) is 7.20. The van der Waals surface area contributed by atoms with E-state index in [0.29, 0.717) is 12.5 Å². The standard InChI is InChI=1S/C22H31N3O2.C2HF3O2/c1-2-23-16-11-22(21(27)25-13-6-7-14-25)12-17-24(15-10-19(22)23)20(26)18-8-4-3-5-9-18;3-2(4,5)1(6)7/h3-5,8-9,19H,2,6-7,10-17H2,1H3;(H,6,7)/t19-,22-;/m1./s1. The number of hydrogen-bond donors (Lipinski definition) is 1. The van der Waals surface area contributed by atoms with Gasteiger partial charge in [0.1, 0.15) is 0 Å². The molecule has 3 saturated heterocycles. The molecule has 7 nitrogen and oxygen atoms in total. The predicted octanol–water partition coefficient (Wildman–Crippen LogP) is 3.26. The third-order valence-corrected chi connectivity index (χ3v) is 7.20. The van der Waals surface area contributed by atoms with Crippen molar-refractivity contribution in [2.45, 2.75) is 51.2 Å². The van der Waals surface area contributed by atoms with Gasteiger partial charge in [-0.3, -0.25) is 14.5 Å². The van der Waals surface area contributed by atoms with Gasteiger partial charge in [0.2, 0.25) is 5.91 Å². The number of aliphatic carboxylic acids is 1. The number of halogens is 3. The molecule has 0 spiro atoms. The predicted molar refractivity (Wildman–Crippen MR) is 119 cm³/mol. The van der Waals surface area contributed by atoms with E-state index in [2.05, 4.69) is 16.7 Å². The zero-order valence-electron chi connectivity index (χ0n) is 19.4. The number of hydrogen-bond acceptors (Lipinski definition) is 4. The van der Waals surface area contributed by atoms with Crippen LogP contribution in [0.3, 0.4) is 0 Å². The normalized spacial score (nSPS) is 25.2. The van der Waals surface area contributed by atoms with Gasteiger partial charge in [-0.15, -0.1) is 0 Å². The van der Waals surface area contributed by atoms with E-state index in [1.807, 2.05) is 35.2 Å². The lowest BCUT2D eigenvalue weighted by Crippen LogP contribution is -2.50. The van der Waals surface area contributed by atoms with Crippen LogP contribution >= 0.6 is 0 Å². The molecule has 3 aliphatic heterocycles. The van der Waals surface area contributed by atoms with Crippen molar-refractivity contribution in [3.63, 3.8) is 0 Å². The van der Waals surface area contributed by atoms with Gasteiger partial charge < -0.3 is 14.9 Å². The molecular formula is C24H32F3N3O4. The van der Waals surface area contributed by atoms with Gasteiger partial charge in [-0.05, 0) is 57.3 Å². The summed E-state index contributed by atoms with van der Waals surface area (Å²) in [6.45, 7) is 7.41. The Bertz CT molecular complexity index is 874. The van der Waals surface area contributed by atoms with Crippen molar-refractivity contribution in [2.24, 2.45) is 5.41 Å². The number of nitrogens with zero attached hydrogens (tertiary/aromatic N) is 3. The highest BCUT2D eigenvalue weighted by atomic mass is 19.4. The molecule has 3 fully saturated rings. The highest BCUT2D eigenvalue weighted by molar-refractivity contribution is 5.94. The Labute approximate surface area is 197 Å². The highest BCUT2D eigenvalue weighted by Gasteiger charge is 2.54. The van der Waals surface area contributed by atoms with Crippen LogP contribution in [0, 0.1) is 5.41 Å². The van der Waals surface area contributed by atoms with Crippen molar-refractivity contribution < 1.29 is 32.7 Å². The Kier molecular flexibility index (Phi) is 8.22. The molecule has 10 heteroatoms. The second-order valence-corrected chi connectivity index (χ2v) is 9.05. The summed E-state index contributed by atoms with van der Waals surface area (Å²) >= 11 is 0. The SMILES string of the molecule is CCN1CC[C@@]2(C(=O)N3CCCC3)CCN(C(=O)c3ccccc3)CC[C@@H]12.O=C(O)C(F)(F)F. The van der Waals surface area contributed by atoms with Crippen LogP contribution in [-0.4, -0.2) is 89.1 Å². The van der Waals surface area contributed by atoms with E-state index in [4.69, 9.17) is 9.90 Å². The minimum absolute atomic E-state index is 0.0994. The van der Waals surface area contributed by atoms with E-state index >= 15 is 0 Å². The van der Waals surface area contributed by atoms with E-state index in [1.54, 1.807) is 0 Å². The van der Waals surface area contributed by atoms with Crippen LogP contribution in [0.2, 0.25) is 0 Å². The quantitative estimate of drug-likeness (QED) is 0.714. The Balaban J connectivity index is 0.000000406. The Hall–Kier alpha value is -2.62. The van der Waals surface area contributed by atoms with Crippen LogP contribution in [-0.2, 0) is 9.59 Å². The maximum Gasteiger partial charge on any atom is 0.490 e. The molecule has 188 valence electrons. The summed E-state index contributed by atoms with van der Waals surface area (Å²) in [5.74, 6) is -2.30. The second kappa shape index (κ2) is 10.8. The lowest BCUT2D eigenvalue weighted by molar-refractivity contribution is -0.192. The van der Waals surface area contributed by atoms with E-state index in [-0.39, 0.29) is 17.4 Å². The lowest BCUT2D eigenvalue weighted by Gasteiger charge is -2.38. The fourth-order valence-corrected chi connectivity index (χ4v) is 5.43. The largest absolute Gasteiger partial charge is 0.490 e. The van der Waals surface area contributed by atoms with Crippen LogP contribution in [0.15, 0.2) is 30.3 Å². The van der Waals surface area contributed by atoms with Crippen molar-refractivity contribution in [3.8, 4) is 0 Å². The Morgan fingerprint density at radius 2 is 1.56 bits per heavy atom. The van der Waals surface area contributed by atoms with Gasteiger partial charge in [0.15, 0.2) is 0 Å². The van der Waals surface area contributed by atoms with Crippen LogP contribution in [0.5, 0.6) is 0 Å². The van der Waals surface area contributed by atoms with Crippen LogP contribution in [0.4, 0.5) is 13.2 Å². The minimum Gasteiger partial charge on any atom is -0.475 e. The molecule has 1 N–H and O–H groups in total. The monoisotopic (exact) mass is 483 g/mol. The number of benzene rings is 1. The second-order valence-electron chi connectivity index (χ2n) is 9.05. The summed E-state index contributed by atoms with van der Waals surface area (Å²) in [6.07, 6.45) is -0.201. The Morgan fingerprint density at radius 1 is 0.971 bits per heavy atom. The number of alkyl halides is 3. The minimum atomic E-state index is -5.08. The van der Waals surface area contributed by atoms with E-state index < -0.39 is 12.1 Å². The first-order chi connectivity index (χ1) is 16.1. The molecule has 1 aromatic rings. The average molecular weight is 484 g/mol. The van der Waals surface area contributed by atoms with Gasteiger partial charge in [0.05, 0.1) is 5.41 Å². The molecule has 4 rings (SSSR count). The van der Waals surface area contributed by atoms with E-state index in [9.17, 15) is 22.8 Å². The van der Waals surface area contributed by atoms with Crippen molar-refractivity contribution in [2.75, 3.05) is 39.3 Å². The molecule has 0 aliphatic carbocycles. The number of fused-ring (bicyclic) bond motifs is 1. The molecule has 34 heavy (non-hydrogen) atoms. The first-order valence-electron chi connectivity index (χ1n) is 11.8. The molecule has 0 unspecified atom stereocenters. The average Bonchev–Trinajstić information content (AvgIpc) is 3.43. The van der Waals surface area contributed by atoms with Gasteiger partial charge in [0, 0.05) is 37.8 Å². The first-order valence-corrected chi connectivity index (χ1v) is 11.8. The van der Waals surface area contributed by atoms with Crippen LogP contribution < -0.4 is 0 Å². The number of amides is 2. The van der Waals surface area contributed by atoms with Gasteiger partial charge >= 0.3 is 12.1 Å². The fraction of sp³-hybridized carbons (Fsp3) is 0.625. The molecule has 2 atom stereocenters. The van der Waals surface area contributed by atoms with Crippen LogP contribution in [0.25, 0.3) is 0 Å². The molecule has 0 aromatic heterocycles. The lowest BCUT2D eigenvalue weighted by atomic mass is 9.75. The number of carboxylic acid groups (broad SMARTS) is 1. The maximum absolute atomic E-state index is 13.6. The smallest absolute Gasteiger partial charge is 0.475 e. The summed E-state index contributed by atoms with van der Waals surface area (Å²) < 4.78 is 31.7. The summed E-state index contributed by atoms with van der Waals surface area (Å²) in [5.41, 5.74) is 0.448. The van der Waals surface area contributed by atoms with E-state index in [1.165, 1.54) is 0 Å². The molecule has 0 radical (unpaired) electrons. The molecule has 3 aliphatic rings. The topological polar surface area (TPSA) is 81.2 Å². The van der Waals surface area contributed by atoms with Crippen molar-refractivity contribution in [3.05, 3.63) is 35.9 Å². The van der Waals surface area contributed by atoms with Crippen molar-refractivity contribution >= 4 is 17.8 Å². The van der Waals surface area contributed by atoms with Gasteiger partial charge in [-0.25, -0.2) is 4.79 Å². The van der Waals surface area contributed by atoms with Crippen LogP contribution in [0.1, 0.15) is 49.4 Å². The molecule has 0 saturated carbocycles. The molecule has 1 aromatic carbocycles. The van der Waals surface area contributed by atoms with Crippen molar-refractivity contribution in [1.82, 2.24) is 14.7 Å². The van der Waals surface area contributed by atoms with Crippen molar-refractivity contribution in [1.29, 1.82) is 0 Å². The molecular weight excluding hydrogens is 451 g/mol. The third kappa shape index (κ3) is 5.54. The first kappa shape index (κ1) is 26.0. The summed E-state index contributed by atoms with van der Waals surface area (Å²) in [6, 6.07) is 9.80. The molecule has 2 amide bonds. The number of carboxylic acids is 1. The zero-order valence-corrected chi connectivity index (χ0v) is 19.4. The number of likely N-dealkylation sites (tertiary alicyclic amines) is 3. The maximum atomic E-state index is 13.6. The number of carbonyl (C=O) groups excluding carboxylic acids is 2. The highest BCUT2D eigenvalue weighted by Crippen LogP contribution is 2.45. The van der Waals surface area contributed by atoms with Gasteiger partial charge in [0.25, 0.3) is 5.91 Å². The fourth-order valence-electron chi connectivity index (χ4n) is 5.43. The number of rotatable bonds is 3. The summed E-state index contributed by atoms with van der Waals surface area (Å²) in [5, 5.41) is 7.12.